The van der Waals surface area contributed by atoms with Gasteiger partial charge in [-0.25, -0.2) is 14.8 Å². The first-order valence-corrected chi connectivity index (χ1v) is 10.5. The average Bonchev–Trinajstić information content (AvgIpc) is 2.84. The van der Waals surface area contributed by atoms with Crippen molar-refractivity contribution >= 4 is 40.5 Å². The first kappa shape index (κ1) is 24.8. The molecule has 13 heteroatoms. The number of nitrogens with one attached hydrogen (secondary N) is 3. The minimum absolute atomic E-state index is 0.0523. The Bertz CT molecular complexity index is 1360. The van der Waals surface area contributed by atoms with Crippen molar-refractivity contribution in [1.82, 2.24) is 25.3 Å². The molecule has 2 aromatic heterocycles. The lowest BCUT2D eigenvalue weighted by Crippen LogP contribution is -2.41. The molecule has 6 N–H and O–H groups in total. The molecular weight excluding hydrogens is 456 g/mol. The normalized spacial score (nSPS) is 12.3. The van der Waals surface area contributed by atoms with E-state index in [9.17, 15) is 24.3 Å². The molecule has 0 aliphatic rings. The van der Waals surface area contributed by atoms with Gasteiger partial charge < -0.3 is 21.5 Å². The molecule has 0 saturated carbocycles. The van der Waals surface area contributed by atoms with Gasteiger partial charge in [-0.1, -0.05) is 0 Å². The molecule has 1 unspecified atom stereocenters. The summed E-state index contributed by atoms with van der Waals surface area (Å²) in [5.74, 6) is -3.16. The number of aliphatic carboxylic acids is 1. The number of carboxylic acid groups (broad SMARTS) is 1. The molecular formula is C22H22N8O5. The van der Waals surface area contributed by atoms with Crippen LogP contribution in [0, 0.1) is 17.2 Å². The summed E-state index contributed by atoms with van der Waals surface area (Å²) in [4.78, 5) is 62.3. The highest BCUT2D eigenvalue weighted by molar-refractivity contribution is 5.97. The van der Waals surface area contributed by atoms with Gasteiger partial charge in [0.05, 0.1) is 24.5 Å². The standard InChI is InChI=1S/C22H22N8O5/c1-11(8-23)16(31)7-6-15(21(34)35)28-19(32)12-2-4-13(5-3-12)25-9-14-10-26-18-17(27-14)20(33)30-22(24)29-18/h2-5,10-11,15,25H,6-7,9H2,1H3,(H,28,32)(H,34,35)(H3,24,26,29,30,33)/t11?,15-/m0/s1. The van der Waals surface area contributed by atoms with Crippen LogP contribution in [-0.4, -0.2) is 48.7 Å². The molecule has 35 heavy (non-hydrogen) atoms. The van der Waals surface area contributed by atoms with Crippen molar-refractivity contribution in [2.24, 2.45) is 5.92 Å². The van der Waals surface area contributed by atoms with Gasteiger partial charge in [-0.15, -0.1) is 0 Å². The Labute approximate surface area is 198 Å². The SMILES string of the molecule is CC(C#N)C(=O)CC[C@H](NC(=O)c1ccc(NCc2cnc3nc(N)[nH]c(=O)c3n2)cc1)C(=O)O. The van der Waals surface area contributed by atoms with E-state index in [0.717, 1.165) is 0 Å². The second-order valence-corrected chi connectivity index (χ2v) is 7.64. The Morgan fingerprint density at radius 1 is 1.23 bits per heavy atom. The number of carbonyl (C=O) groups excluding carboxylic acids is 2. The number of nitrogens with two attached hydrogens (primary N) is 1. The monoisotopic (exact) mass is 478 g/mol. The van der Waals surface area contributed by atoms with Crippen LogP contribution in [0.5, 0.6) is 0 Å². The van der Waals surface area contributed by atoms with Crippen molar-refractivity contribution < 1.29 is 19.5 Å². The van der Waals surface area contributed by atoms with E-state index < -0.39 is 29.4 Å². The maximum atomic E-state index is 12.5. The lowest BCUT2D eigenvalue weighted by molar-refractivity contribution is -0.139. The fourth-order valence-electron chi connectivity index (χ4n) is 3.06. The van der Waals surface area contributed by atoms with Crippen molar-refractivity contribution in [2.45, 2.75) is 32.4 Å². The predicted octanol–water partition coefficient (Wildman–Crippen LogP) is 0.599. The number of nitrogens with zero attached hydrogens (tertiary/aromatic N) is 4. The van der Waals surface area contributed by atoms with Crippen molar-refractivity contribution in [2.75, 3.05) is 11.1 Å². The highest BCUT2D eigenvalue weighted by Gasteiger charge is 2.23. The number of anilines is 2. The fourth-order valence-corrected chi connectivity index (χ4v) is 3.06. The fraction of sp³-hybridized carbons (Fsp3) is 0.273. The second-order valence-electron chi connectivity index (χ2n) is 7.64. The number of nitriles is 1. The molecule has 0 radical (unpaired) electrons. The molecule has 0 bridgehead atoms. The quantitative estimate of drug-likeness (QED) is 0.272. The van der Waals surface area contributed by atoms with Crippen molar-refractivity contribution in [3.8, 4) is 6.07 Å². The molecule has 1 amide bonds. The maximum absolute atomic E-state index is 12.5. The topological polar surface area (TPSA) is 217 Å². The Balaban J connectivity index is 1.59. The summed E-state index contributed by atoms with van der Waals surface area (Å²) in [7, 11) is 0. The number of Topliss-reactive ketones (excluding diaryl/α,β-unsaturated/α-hetero) is 1. The number of fused-ring (bicyclic) bond motifs is 1. The number of hydrogen-bond donors (Lipinski definition) is 5. The van der Waals surface area contributed by atoms with Gasteiger partial charge in [0.2, 0.25) is 5.95 Å². The lowest BCUT2D eigenvalue weighted by atomic mass is 10.0. The third-order valence-electron chi connectivity index (χ3n) is 5.07. The van der Waals surface area contributed by atoms with Gasteiger partial charge in [-0.05, 0) is 37.6 Å². The molecule has 13 nitrogen and oxygen atoms in total. The maximum Gasteiger partial charge on any atom is 0.326 e. The van der Waals surface area contributed by atoms with E-state index in [0.29, 0.717) is 11.4 Å². The zero-order chi connectivity index (χ0) is 25.5. The molecule has 3 rings (SSSR count). The van der Waals surface area contributed by atoms with Crippen molar-refractivity contribution in [3.05, 3.63) is 52.1 Å². The van der Waals surface area contributed by atoms with E-state index in [-0.39, 0.29) is 47.8 Å². The van der Waals surface area contributed by atoms with Crippen LogP contribution in [0.1, 0.15) is 35.8 Å². The van der Waals surface area contributed by atoms with Crippen LogP contribution < -0.4 is 21.9 Å². The Hall–Kier alpha value is -4.86. The van der Waals surface area contributed by atoms with Crippen molar-refractivity contribution in [3.63, 3.8) is 0 Å². The summed E-state index contributed by atoms with van der Waals surface area (Å²) >= 11 is 0. The summed E-state index contributed by atoms with van der Waals surface area (Å²) < 4.78 is 0. The smallest absolute Gasteiger partial charge is 0.326 e. The first-order chi connectivity index (χ1) is 16.7. The molecule has 0 fully saturated rings. The third kappa shape index (κ3) is 6.35. The largest absolute Gasteiger partial charge is 0.480 e. The number of H-pyrrole nitrogens is 1. The average molecular weight is 478 g/mol. The van der Waals surface area contributed by atoms with Crippen LogP contribution in [0.2, 0.25) is 0 Å². The number of amides is 1. The van der Waals surface area contributed by atoms with Crippen molar-refractivity contribution in [1.29, 1.82) is 5.26 Å². The first-order valence-electron chi connectivity index (χ1n) is 10.5. The predicted molar refractivity (Wildman–Crippen MR) is 124 cm³/mol. The van der Waals surface area contributed by atoms with E-state index in [1.165, 1.54) is 25.3 Å². The summed E-state index contributed by atoms with van der Waals surface area (Å²) in [6, 6.07) is 6.77. The number of carbonyl (C=O) groups is 3. The summed E-state index contributed by atoms with van der Waals surface area (Å²) in [5.41, 5.74) is 6.51. The molecule has 0 spiro atoms. The summed E-state index contributed by atoms with van der Waals surface area (Å²) in [5, 5.41) is 23.6. The molecule has 0 saturated heterocycles. The van der Waals surface area contributed by atoms with Crippen LogP contribution in [0.4, 0.5) is 11.6 Å². The second kappa shape index (κ2) is 10.8. The Morgan fingerprint density at radius 2 is 1.94 bits per heavy atom. The zero-order valence-corrected chi connectivity index (χ0v) is 18.6. The zero-order valence-electron chi connectivity index (χ0n) is 18.6. The van der Waals surface area contributed by atoms with E-state index in [2.05, 4.69) is 30.6 Å². The minimum Gasteiger partial charge on any atom is -0.480 e. The van der Waals surface area contributed by atoms with Gasteiger partial charge in [-0.2, -0.15) is 10.2 Å². The van der Waals surface area contributed by atoms with Gasteiger partial charge in [-0.3, -0.25) is 19.4 Å². The van der Waals surface area contributed by atoms with Gasteiger partial charge in [0.15, 0.2) is 11.2 Å². The molecule has 1 aromatic carbocycles. The number of ketones is 1. The van der Waals surface area contributed by atoms with E-state index in [1.54, 1.807) is 18.2 Å². The van der Waals surface area contributed by atoms with Gasteiger partial charge in [0, 0.05) is 17.7 Å². The van der Waals surface area contributed by atoms with Crippen LogP contribution in [-0.2, 0) is 16.1 Å². The summed E-state index contributed by atoms with van der Waals surface area (Å²) in [6.07, 6.45) is 1.20. The number of rotatable bonds is 10. The molecule has 2 heterocycles. The summed E-state index contributed by atoms with van der Waals surface area (Å²) in [6.45, 7) is 1.67. The van der Waals surface area contributed by atoms with Crippen LogP contribution in [0.15, 0.2) is 35.3 Å². The Morgan fingerprint density at radius 3 is 2.60 bits per heavy atom. The van der Waals surface area contributed by atoms with E-state index in [1.807, 2.05) is 0 Å². The van der Waals surface area contributed by atoms with Gasteiger partial charge >= 0.3 is 5.97 Å². The number of hydrogen-bond acceptors (Lipinski definition) is 10. The minimum atomic E-state index is -1.28. The van der Waals surface area contributed by atoms with Crippen LogP contribution in [0.3, 0.4) is 0 Å². The lowest BCUT2D eigenvalue weighted by Gasteiger charge is -2.15. The Kier molecular flexibility index (Phi) is 7.67. The number of benzene rings is 1. The molecule has 0 aliphatic carbocycles. The highest BCUT2D eigenvalue weighted by atomic mass is 16.4. The third-order valence-corrected chi connectivity index (χ3v) is 5.07. The molecule has 0 aliphatic heterocycles. The van der Waals surface area contributed by atoms with Crippen LogP contribution >= 0.6 is 0 Å². The number of nitrogen functional groups attached to an aromatic ring is 1. The number of aromatic nitrogens is 4. The van der Waals surface area contributed by atoms with E-state index >= 15 is 0 Å². The highest BCUT2D eigenvalue weighted by Crippen LogP contribution is 2.13. The van der Waals surface area contributed by atoms with Gasteiger partial charge in [0.25, 0.3) is 11.5 Å². The molecule has 2 atom stereocenters. The number of carboxylic acids is 1. The number of aromatic amines is 1. The van der Waals surface area contributed by atoms with E-state index in [4.69, 9.17) is 11.0 Å². The molecule has 180 valence electrons. The van der Waals surface area contributed by atoms with Crippen LogP contribution in [0.25, 0.3) is 11.2 Å². The van der Waals surface area contributed by atoms with Gasteiger partial charge in [0.1, 0.15) is 17.7 Å². The molecule has 3 aromatic rings.